The second-order valence-corrected chi connectivity index (χ2v) is 9.19. The Morgan fingerprint density at radius 3 is 2.32 bits per heavy atom. The predicted molar refractivity (Wildman–Crippen MR) is 126 cm³/mol. The van der Waals surface area contributed by atoms with E-state index < -0.39 is 5.41 Å². The van der Waals surface area contributed by atoms with Crippen LogP contribution < -0.4 is 5.32 Å². The summed E-state index contributed by atoms with van der Waals surface area (Å²) in [6.45, 7) is 11.7. The average Bonchev–Trinajstić information content (AvgIpc) is 2.77. The summed E-state index contributed by atoms with van der Waals surface area (Å²) < 4.78 is 5.60. The molecule has 1 aromatic heterocycles. The Hall–Kier alpha value is -2.24. The highest BCUT2D eigenvalue weighted by atomic mass is 16.5. The Bertz CT molecular complexity index is 804. The van der Waals surface area contributed by atoms with Gasteiger partial charge in [-0.05, 0) is 69.7 Å². The number of benzene rings is 1. The minimum Gasteiger partial charge on any atom is -0.381 e. The van der Waals surface area contributed by atoms with E-state index in [1.165, 1.54) is 5.56 Å². The van der Waals surface area contributed by atoms with Gasteiger partial charge < -0.3 is 10.1 Å². The van der Waals surface area contributed by atoms with Crippen LogP contribution >= 0.6 is 0 Å². The van der Waals surface area contributed by atoms with Crippen molar-refractivity contribution in [3.8, 4) is 11.1 Å². The molecule has 168 valence electrons. The summed E-state index contributed by atoms with van der Waals surface area (Å²) in [5, 5.41) is 3.25. The van der Waals surface area contributed by atoms with Crippen molar-refractivity contribution < 1.29 is 9.53 Å². The number of ether oxygens (including phenoxy) is 1. The van der Waals surface area contributed by atoms with Crippen LogP contribution in [0.5, 0.6) is 0 Å². The first-order chi connectivity index (χ1) is 14.9. The maximum Gasteiger partial charge on any atom is 0.226 e. The third-order valence-electron chi connectivity index (χ3n) is 6.41. The Morgan fingerprint density at radius 2 is 1.74 bits per heavy atom. The van der Waals surface area contributed by atoms with Crippen molar-refractivity contribution in [1.29, 1.82) is 0 Å². The molecule has 1 amide bonds. The second kappa shape index (κ2) is 10.9. The minimum absolute atomic E-state index is 0.166. The van der Waals surface area contributed by atoms with E-state index in [2.05, 4.69) is 73.2 Å². The van der Waals surface area contributed by atoms with Crippen LogP contribution in [0.3, 0.4) is 0 Å². The molecule has 0 atom stereocenters. The fourth-order valence-electron chi connectivity index (χ4n) is 4.58. The molecular weight excluding hydrogens is 386 g/mol. The largest absolute Gasteiger partial charge is 0.381 e. The lowest BCUT2D eigenvalue weighted by Crippen LogP contribution is -2.49. The average molecular weight is 424 g/mol. The third kappa shape index (κ3) is 6.14. The lowest BCUT2D eigenvalue weighted by Gasteiger charge is -2.37. The minimum atomic E-state index is -0.394. The summed E-state index contributed by atoms with van der Waals surface area (Å²) in [6.07, 6.45) is 5.93. The molecule has 1 N–H and O–H groups in total. The number of nitrogens with one attached hydrogen (secondary N) is 1. The summed E-state index contributed by atoms with van der Waals surface area (Å²) in [4.78, 5) is 20.0. The Kier molecular flexibility index (Phi) is 8.22. The number of aromatic nitrogens is 1. The molecule has 31 heavy (non-hydrogen) atoms. The number of amides is 1. The zero-order chi connectivity index (χ0) is 22.3. The number of rotatable bonds is 9. The van der Waals surface area contributed by atoms with Crippen LogP contribution in [0.2, 0.25) is 0 Å². The van der Waals surface area contributed by atoms with Crippen LogP contribution in [0.1, 0.15) is 46.1 Å². The molecule has 2 aromatic rings. The van der Waals surface area contributed by atoms with Gasteiger partial charge in [0.2, 0.25) is 5.91 Å². The number of carbonyl (C=O) groups is 1. The SMILES string of the molecule is CC(C)N(CCNC(=O)C1(Cc2ccc(-c3cccnc3)cc2)CCOCC1)C(C)C. The normalized spacial score (nSPS) is 16.1. The molecule has 0 aliphatic carbocycles. The van der Waals surface area contributed by atoms with Gasteiger partial charge in [0, 0.05) is 50.8 Å². The molecule has 0 unspecified atom stereocenters. The summed E-state index contributed by atoms with van der Waals surface area (Å²) in [5.74, 6) is 0.166. The van der Waals surface area contributed by atoms with Crippen LogP contribution in [-0.2, 0) is 16.0 Å². The molecule has 1 aliphatic rings. The van der Waals surface area contributed by atoms with E-state index in [4.69, 9.17) is 4.74 Å². The molecule has 1 fully saturated rings. The zero-order valence-corrected chi connectivity index (χ0v) is 19.4. The van der Waals surface area contributed by atoms with E-state index in [-0.39, 0.29) is 5.91 Å². The lowest BCUT2D eigenvalue weighted by atomic mass is 9.74. The van der Waals surface area contributed by atoms with Crippen molar-refractivity contribution >= 4 is 5.91 Å². The molecule has 0 radical (unpaired) electrons. The molecule has 3 rings (SSSR count). The van der Waals surface area contributed by atoms with Crippen LogP contribution in [-0.4, -0.2) is 54.2 Å². The maximum absolute atomic E-state index is 13.3. The van der Waals surface area contributed by atoms with Gasteiger partial charge >= 0.3 is 0 Å². The van der Waals surface area contributed by atoms with Gasteiger partial charge in [-0.2, -0.15) is 0 Å². The molecule has 5 heteroatoms. The monoisotopic (exact) mass is 423 g/mol. The first-order valence-electron chi connectivity index (χ1n) is 11.5. The van der Waals surface area contributed by atoms with Gasteiger partial charge in [-0.3, -0.25) is 14.7 Å². The van der Waals surface area contributed by atoms with Crippen molar-refractivity contribution in [2.75, 3.05) is 26.3 Å². The second-order valence-electron chi connectivity index (χ2n) is 9.19. The number of pyridine rings is 1. The number of hydrogen-bond donors (Lipinski definition) is 1. The van der Waals surface area contributed by atoms with Crippen molar-refractivity contribution in [2.45, 2.75) is 59.0 Å². The van der Waals surface area contributed by atoms with Crippen molar-refractivity contribution in [3.05, 3.63) is 54.4 Å². The Morgan fingerprint density at radius 1 is 1.06 bits per heavy atom. The quantitative estimate of drug-likeness (QED) is 0.653. The maximum atomic E-state index is 13.3. The molecule has 0 spiro atoms. The van der Waals surface area contributed by atoms with Gasteiger partial charge in [0.15, 0.2) is 0 Å². The van der Waals surface area contributed by atoms with E-state index in [1.807, 2.05) is 12.3 Å². The van der Waals surface area contributed by atoms with E-state index in [0.29, 0.717) is 31.8 Å². The molecule has 2 heterocycles. The van der Waals surface area contributed by atoms with Crippen molar-refractivity contribution in [1.82, 2.24) is 15.2 Å². The van der Waals surface area contributed by atoms with Crippen molar-refractivity contribution in [2.24, 2.45) is 5.41 Å². The Labute approximate surface area is 187 Å². The molecule has 1 aliphatic heterocycles. The highest BCUT2D eigenvalue weighted by Crippen LogP contribution is 2.35. The van der Waals surface area contributed by atoms with Crippen LogP contribution in [0.4, 0.5) is 0 Å². The summed E-state index contributed by atoms with van der Waals surface area (Å²) in [6, 6.07) is 13.5. The van der Waals surface area contributed by atoms with Gasteiger partial charge in [0.05, 0.1) is 5.41 Å². The molecule has 5 nitrogen and oxygen atoms in total. The van der Waals surface area contributed by atoms with Crippen LogP contribution in [0.25, 0.3) is 11.1 Å². The van der Waals surface area contributed by atoms with E-state index in [0.717, 1.165) is 36.9 Å². The Balaban J connectivity index is 1.67. The fourth-order valence-corrected chi connectivity index (χ4v) is 4.58. The van der Waals surface area contributed by atoms with Crippen LogP contribution in [0, 0.1) is 5.41 Å². The highest BCUT2D eigenvalue weighted by Gasteiger charge is 2.40. The smallest absolute Gasteiger partial charge is 0.226 e. The topological polar surface area (TPSA) is 54.5 Å². The molecule has 1 aromatic carbocycles. The summed E-state index contributed by atoms with van der Waals surface area (Å²) >= 11 is 0. The van der Waals surface area contributed by atoms with Gasteiger partial charge in [0.25, 0.3) is 0 Å². The predicted octanol–water partition coefficient (Wildman–Crippen LogP) is 4.32. The third-order valence-corrected chi connectivity index (χ3v) is 6.41. The molecule has 1 saturated heterocycles. The number of hydrogen-bond acceptors (Lipinski definition) is 4. The van der Waals surface area contributed by atoms with Gasteiger partial charge in [-0.15, -0.1) is 0 Å². The van der Waals surface area contributed by atoms with E-state index in [1.54, 1.807) is 6.20 Å². The fraction of sp³-hybridized carbons (Fsp3) is 0.538. The number of carbonyl (C=O) groups excluding carboxylic acids is 1. The first kappa shape index (κ1) is 23.4. The first-order valence-corrected chi connectivity index (χ1v) is 11.5. The molecular formula is C26H37N3O2. The van der Waals surface area contributed by atoms with E-state index >= 15 is 0 Å². The molecule has 0 bridgehead atoms. The standard InChI is InChI=1S/C26H37N3O2/c1-20(2)29(21(3)4)15-14-28-25(30)26(11-16-31-17-12-26)18-22-7-9-23(10-8-22)24-6-5-13-27-19-24/h5-10,13,19-21H,11-12,14-18H2,1-4H3,(H,28,30). The van der Waals surface area contributed by atoms with Gasteiger partial charge in [-0.1, -0.05) is 30.3 Å². The van der Waals surface area contributed by atoms with Crippen LogP contribution in [0.15, 0.2) is 48.8 Å². The molecule has 0 saturated carbocycles. The lowest BCUT2D eigenvalue weighted by molar-refractivity contribution is -0.136. The summed E-state index contributed by atoms with van der Waals surface area (Å²) in [7, 11) is 0. The number of nitrogens with zero attached hydrogens (tertiary/aromatic N) is 2. The van der Waals surface area contributed by atoms with Gasteiger partial charge in [-0.25, -0.2) is 0 Å². The van der Waals surface area contributed by atoms with Crippen molar-refractivity contribution in [3.63, 3.8) is 0 Å². The van der Waals surface area contributed by atoms with Gasteiger partial charge in [0.1, 0.15) is 0 Å². The zero-order valence-electron chi connectivity index (χ0n) is 19.4. The highest BCUT2D eigenvalue weighted by molar-refractivity contribution is 5.83. The summed E-state index contributed by atoms with van der Waals surface area (Å²) in [5.41, 5.74) is 3.04. The van der Waals surface area contributed by atoms with E-state index in [9.17, 15) is 4.79 Å².